The maximum atomic E-state index is 13.2. The molecule has 174 valence electrons. The van der Waals surface area contributed by atoms with E-state index in [0.29, 0.717) is 35.9 Å². The summed E-state index contributed by atoms with van der Waals surface area (Å²) >= 11 is 0. The molecular weight excluding hydrogens is 414 g/mol. The molecule has 0 saturated carbocycles. The van der Waals surface area contributed by atoms with Gasteiger partial charge in [0.2, 0.25) is 5.91 Å². The normalized spacial score (nSPS) is 24.6. The molecule has 1 N–H and O–H groups in total. The SMILES string of the molecule is CC(C)COc1ccc(C(=O)Nc2ccc(N3CCC(N4C5CCC4CC5)C3=O)cc2)cc1. The largest absolute Gasteiger partial charge is 0.493 e. The van der Waals surface area contributed by atoms with Crippen LogP contribution in [0.2, 0.25) is 0 Å². The molecule has 0 spiro atoms. The fourth-order valence-electron chi connectivity index (χ4n) is 5.55. The Morgan fingerprint density at radius 1 is 0.970 bits per heavy atom. The number of rotatable bonds is 7. The van der Waals surface area contributed by atoms with E-state index in [0.717, 1.165) is 24.4 Å². The second kappa shape index (κ2) is 9.18. The second-order valence-corrected chi connectivity index (χ2v) is 9.93. The number of hydrogen-bond acceptors (Lipinski definition) is 4. The molecule has 6 nitrogen and oxygen atoms in total. The summed E-state index contributed by atoms with van der Waals surface area (Å²) in [7, 11) is 0. The number of ether oxygens (including phenoxy) is 1. The molecule has 2 aromatic carbocycles. The summed E-state index contributed by atoms with van der Waals surface area (Å²) in [5, 5.41) is 2.94. The van der Waals surface area contributed by atoms with Gasteiger partial charge in [-0.1, -0.05) is 13.8 Å². The van der Waals surface area contributed by atoms with Gasteiger partial charge in [0.05, 0.1) is 12.6 Å². The van der Waals surface area contributed by atoms with Gasteiger partial charge in [-0.3, -0.25) is 14.5 Å². The van der Waals surface area contributed by atoms with Gasteiger partial charge in [0.25, 0.3) is 5.91 Å². The Morgan fingerprint density at radius 3 is 2.21 bits per heavy atom. The maximum absolute atomic E-state index is 13.2. The third-order valence-corrected chi connectivity index (χ3v) is 7.18. The Labute approximate surface area is 195 Å². The first kappa shape index (κ1) is 22.0. The fourth-order valence-corrected chi connectivity index (χ4v) is 5.55. The molecule has 3 heterocycles. The first-order valence-electron chi connectivity index (χ1n) is 12.2. The molecule has 6 heteroatoms. The third-order valence-electron chi connectivity index (χ3n) is 7.18. The van der Waals surface area contributed by atoms with E-state index in [-0.39, 0.29) is 17.9 Å². The number of fused-ring (bicyclic) bond motifs is 2. The summed E-state index contributed by atoms with van der Waals surface area (Å²) in [6.45, 7) is 5.61. The Balaban J connectivity index is 1.19. The van der Waals surface area contributed by atoms with Gasteiger partial charge in [0.15, 0.2) is 0 Å². The average molecular weight is 448 g/mol. The molecule has 3 aliphatic heterocycles. The van der Waals surface area contributed by atoms with Crippen molar-refractivity contribution in [1.29, 1.82) is 0 Å². The number of carbonyl (C=O) groups is 2. The van der Waals surface area contributed by atoms with E-state index in [1.807, 2.05) is 41.3 Å². The molecular formula is C27H33N3O3. The van der Waals surface area contributed by atoms with Crippen molar-refractivity contribution in [2.45, 2.75) is 64.1 Å². The van der Waals surface area contributed by atoms with Crippen LogP contribution in [-0.2, 0) is 4.79 Å². The van der Waals surface area contributed by atoms with Crippen molar-refractivity contribution in [3.8, 4) is 5.75 Å². The molecule has 2 amide bonds. The minimum Gasteiger partial charge on any atom is -0.493 e. The van der Waals surface area contributed by atoms with Crippen LogP contribution >= 0.6 is 0 Å². The van der Waals surface area contributed by atoms with Crippen LogP contribution in [0.5, 0.6) is 5.75 Å². The molecule has 3 fully saturated rings. The first-order chi connectivity index (χ1) is 16.0. The Hall–Kier alpha value is -2.86. The molecule has 33 heavy (non-hydrogen) atoms. The van der Waals surface area contributed by atoms with Gasteiger partial charge in [-0.2, -0.15) is 0 Å². The van der Waals surface area contributed by atoms with Crippen LogP contribution in [0.1, 0.15) is 56.3 Å². The van der Waals surface area contributed by atoms with E-state index < -0.39 is 0 Å². The zero-order chi connectivity index (χ0) is 22.9. The quantitative estimate of drug-likeness (QED) is 0.668. The van der Waals surface area contributed by atoms with Crippen LogP contribution in [-0.4, -0.2) is 48.0 Å². The highest BCUT2D eigenvalue weighted by Gasteiger charge is 2.48. The zero-order valence-electron chi connectivity index (χ0n) is 19.5. The van der Waals surface area contributed by atoms with Crippen LogP contribution in [0.25, 0.3) is 0 Å². The fraction of sp³-hybridized carbons (Fsp3) is 0.481. The molecule has 2 aromatic rings. The van der Waals surface area contributed by atoms with Crippen molar-refractivity contribution in [3.05, 3.63) is 54.1 Å². The summed E-state index contributed by atoms with van der Waals surface area (Å²) in [6, 6.07) is 16.0. The minimum absolute atomic E-state index is 0.0388. The van der Waals surface area contributed by atoms with Crippen LogP contribution in [0.15, 0.2) is 48.5 Å². The molecule has 0 aromatic heterocycles. The minimum atomic E-state index is -0.167. The van der Waals surface area contributed by atoms with Gasteiger partial charge in [0, 0.05) is 35.6 Å². The van der Waals surface area contributed by atoms with E-state index in [1.165, 1.54) is 25.7 Å². The van der Waals surface area contributed by atoms with Gasteiger partial charge in [-0.05, 0) is 86.6 Å². The van der Waals surface area contributed by atoms with Crippen molar-refractivity contribution in [1.82, 2.24) is 4.90 Å². The van der Waals surface area contributed by atoms with Gasteiger partial charge in [-0.15, -0.1) is 0 Å². The predicted octanol–water partition coefficient (Wildman–Crippen LogP) is 4.71. The number of carbonyl (C=O) groups excluding carboxylic acids is 2. The molecule has 2 bridgehead atoms. The highest BCUT2D eigenvalue weighted by Crippen LogP contribution is 2.41. The number of nitrogens with zero attached hydrogens (tertiary/aromatic N) is 2. The highest BCUT2D eigenvalue weighted by molar-refractivity contribution is 6.04. The van der Waals surface area contributed by atoms with E-state index in [9.17, 15) is 9.59 Å². The lowest BCUT2D eigenvalue weighted by atomic mass is 10.0. The molecule has 1 unspecified atom stereocenters. The smallest absolute Gasteiger partial charge is 0.255 e. The van der Waals surface area contributed by atoms with Crippen LogP contribution in [0, 0.1) is 5.92 Å². The molecule has 0 radical (unpaired) electrons. The van der Waals surface area contributed by atoms with Crippen molar-refractivity contribution in [2.24, 2.45) is 5.92 Å². The van der Waals surface area contributed by atoms with Gasteiger partial charge >= 0.3 is 0 Å². The van der Waals surface area contributed by atoms with E-state index >= 15 is 0 Å². The zero-order valence-corrected chi connectivity index (χ0v) is 19.5. The summed E-state index contributed by atoms with van der Waals surface area (Å²) in [4.78, 5) is 30.2. The van der Waals surface area contributed by atoms with Crippen molar-refractivity contribution in [3.63, 3.8) is 0 Å². The molecule has 1 atom stereocenters. The van der Waals surface area contributed by atoms with Gasteiger partial charge < -0.3 is 15.0 Å². The topological polar surface area (TPSA) is 61.9 Å². The van der Waals surface area contributed by atoms with Crippen molar-refractivity contribution in [2.75, 3.05) is 23.4 Å². The predicted molar refractivity (Wildman–Crippen MR) is 130 cm³/mol. The molecule has 5 rings (SSSR count). The lowest BCUT2D eigenvalue weighted by molar-refractivity contribution is -0.122. The number of benzene rings is 2. The van der Waals surface area contributed by atoms with Crippen LogP contribution < -0.4 is 15.0 Å². The summed E-state index contributed by atoms with van der Waals surface area (Å²) < 4.78 is 5.68. The average Bonchev–Trinajstić information content (AvgIpc) is 3.52. The third kappa shape index (κ3) is 4.49. The lowest BCUT2D eigenvalue weighted by Crippen LogP contribution is -2.44. The Kier molecular flexibility index (Phi) is 6.11. The Bertz CT molecular complexity index is 982. The number of nitrogens with one attached hydrogen (secondary N) is 1. The summed E-state index contributed by atoms with van der Waals surface area (Å²) in [5.74, 6) is 1.28. The Morgan fingerprint density at radius 2 is 1.61 bits per heavy atom. The van der Waals surface area contributed by atoms with E-state index in [2.05, 4.69) is 24.1 Å². The molecule has 0 aliphatic carbocycles. The van der Waals surface area contributed by atoms with Crippen molar-refractivity contribution < 1.29 is 14.3 Å². The first-order valence-corrected chi connectivity index (χ1v) is 12.2. The highest BCUT2D eigenvalue weighted by atomic mass is 16.5. The maximum Gasteiger partial charge on any atom is 0.255 e. The number of amides is 2. The summed E-state index contributed by atoms with van der Waals surface area (Å²) in [6.07, 6.45) is 5.89. The van der Waals surface area contributed by atoms with Crippen LogP contribution in [0.4, 0.5) is 11.4 Å². The van der Waals surface area contributed by atoms with Crippen LogP contribution in [0.3, 0.4) is 0 Å². The lowest BCUT2D eigenvalue weighted by Gasteiger charge is -2.27. The van der Waals surface area contributed by atoms with Gasteiger partial charge in [0.1, 0.15) is 5.75 Å². The van der Waals surface area contributed by atoms with E-state index in [4.69, 9.17) is 4.74 Å². The number of hydrogen-bond donors (Lipinski definition) is 1. The second-order valence-electron chi connectivity index (χ2n) is 9.93. The molecule has 3 saturated heterocycles. The van der Waals surface area contributed by atoms with E-state index in [1.54, 1.807) is 12.1 Å². The standard InChI is InChI=1S/C27H33N3O3/c1-18(2)17-33-24-13-3-19(4-14-24)26(31)28-20-5-7-21(8-6-20)29-16-15-25(27(29)32)30-22-9-10-23(30)12-11-22/h3-8,13-14,18,22-23,25H,9-12,15-17H2,1-2H3,(H,28,31). The monoisotopic (exact) mass is 447 g/mol. The summed E-state index contributed by atoms with van der Waals surface area (Å²) in [5.41, 5.74) is 2.19. The van der Waals surface area contributed by atoms with Crippen molar-refractivity contribution >= 4 is 23.2 Å². The number of anilines is 2. The molecule has 3 aliphatic rings. The van der Waals surface area contributed by atoms with Gasteiger partial charge in [-0.25, -0.2) is 0 Å².